The summed E-state index contributed by atoms with van der Waals surface area (Å²) in [6.07, 6.45) is 3.54. The molecular formula is C14H18ClN3O2. The molecule has 108 valence electrons. The van der Waals surface area contributed by atoms with Crippen molar-refractivity contribution in [1.29, 1.82) is 0 Å². The summed E-state index contributed by atoms with van der Waals surface area (Å²) in [5, 5.41) is 9.37. The summed E-state index contributed by atoms with van der Waals surface area (Å²) in [6.45, 7) is 4.11. The molecule has 2 aliphatic rings. The fourth-order valence-corrected chi connectivity index (χ4v) is 3.39. The molecular weight excluding hydrogens is 278 g/mol. The Hall–Kier alpha value is -1.33. The summed E-state index contributed by atoms with van der Waals surface area (Å²) >= 11 is 5.95. The van der Waals surface area contributed by atoms with Gasteiger partial charge in [-0.1, -0.05) is 11.6 Å². The summed E-state index contributed by atoms with van der Waals surface area (Å²) in [5.41, 5.74) is 0.201. The molecule has 1 atom stereocenters. The van der Waals surface area contributed by atoms with Crippen molar-refractivity contribution < 1.29 is 9.90 Å². The van der Waals surface area contributed by atoms with Crippen LogP contribution in [0, 0.1) is 0 Å². The van der Waals surface area contributed by atoms with Crippen LogP contribution in [0.4, 0.5) is 5.82 Å². The number of anilines is 1. The molecule has 3 heterocycles. The summed E-state index contributed by atoms with van der Waals surface area (Å²) in [5.74, 6) is -0.281. The zero-order valence-corrected chi connectivity index (χ0v) is 12.0. The van der Waals surface area contributed by atoms with Crippen molar-refractivity contribution in [3.63, 3.8) is 0 Å². The SMILES string of the molecule is O=C(O)c1cc(Cl)nc(N2CCCN3CCCC3C2)c1. The molecule has 0 amide bonds. The van der Waals surface area contributed by atoms with Crippen molar-refractivity contribution in [3.8, 4) is 0 Å². The van der Waals surface area contributed by atoms with Gasteiger partial charge in [0.25, 0.3) is 0 Å². The molecule has 0 saturated carbocycles. The van der Waals surface area contributed by atoms with Crippen LogP contribution in [0.15, 0.2) is 12.1 Å². The topological polar surface area (TPSA) is 56.7 Å². The summed E-state index contributed by atoms with van der Waals surface area (Å²) in [4.78, 5) is 20.1. The Morgan fingerprint density at radius 2 is 2.10 bits per heavy atom. The molecule has 0 radical (unpaired) electrons. The number of aromatic carboxylic acids is 1. The second-order valence-corrected chi connectivity index (χ2v) is 5.86. The minimum absolute atomic E-state index is 0.201. The van der Waals surface area contributed by atoms with Crippen LogP contribution in [0.25, 0.3) is 0 Å². The maximum absolute atomic E-state index is 11.1. The average Bonchev–Trinajstić information content (AvgIpc) is 2.75. The van der Waals surface area contributed by atoms with Crippen LogP contribution in [0.3, 0.4) is 0 Å². The van der Waals surface area contributed by atoms with Crippen LogP contribution >= 0.6 is 11.6 Å². The van der Waals surface area contributed by atoms with Gasteiger partial charge in [-0.3, -0.25) is 4.90 Å². The minimum atomic E-state index is -0.965. The Morgan fingerprint density at radius 1 is 1.30 bits per heavy atom. The maximum Gasteiger partial charge on any atom is 0.335 e. The standard InChI is InChI=1S/C14H18ClN3O2/c15-12-7-10(14(19)20)8-13(16-12)18-6-2-5-17-4-1-3-11(17)9-18/h7-8,11H,1-6,9H2,(H,19,20). The largest absolute Gasteiger partial charge is 0.478 e. The molecule has 6 heteroatoms. The zero-order chi connectivity index (χ0) is 14.1. The number of carboxylic acid groups (broad SMARTS) is 1. The molecule has 3 rings (SSSR count). The van der Waals surface area contributed by atoms with Crippen LogP contribution in [0.5, 0.6) is 0 Å². The second kappa shape index (κ2) is 5.58. The highest BCUT2D eigenvalue weighted by Gasteiger charge is 2.29. The smallest absolute Gasteiger partial charge is 0.335 e. The van der Waals surface area contributed by atoms with Gasteiger partial charge < -0.3 is 10.0 Å². The number of fused-ring (bicyclic) bond motifs is 1. The van der Waals surface area contributed by atoms with Gasteiger partial charge in [-0.15, -0.1) is 0 Å². The number of halogens is 1. The van der Waals surface area contributed by atoms with E-state index in [2.05, 4.69) is 14.8 Å². The number of rotatable bonds is 2. The predicted octanol–water partition coefficient (Wildman–Crippen LogP) is 2.11. The third-order valence-electron chi connectivity index (χ3n) is 4.16. The van der Waals surface area contributed by atoms with Gasteiger partial charge in [-0.05, 0) is 37.9 Å². The lowest BCUT2D eigenvalue weighted by Gasteiger charge is -2.26. The molecule has 2 aliphatic heterocycles. The lowest BCUT2D eigenvalue weighted by molar-refractivity contribution is 0.0697. The van der Waals surface area contributed by atoms with Gasteiger partial charge in [0.15, 0.2) is 0 Å². The van der Waals surface area contributed by atoms with E-state index < -0.39 is 5.97 Å². The Labute approximate surface area is 123 Å². The fourth-order valence-electron chi connectivity index (χ4n) is 3.18. The number of carbonyl (C=O) groups is 1. The van der Waals surface area contributed by atoms with Gasteiger partial charge in [-0.25, -0.2) is 9.78 Å². The van der Waals surface area contributed by atoms with Gasteiger partial charge in [0, 0.05) is 25.7 Å². The van der Waals surface area contributed by atoms with Gasteiger partial charge in [0.05, 0.1) is 5.56 Å². The van der Waals surface area contributed by atoms with Crippen molar-refractivity contribution in [2.24, 2.45) is 0 Å². The number of pyridine rings is 1. The van der Waals surface area contributed by atoms with Crippen molar-refractivity contribution >= 4 is 23.4 Å². The average molecular weight is 296 g/mol. The van der Waals surface area contributed by atoms with Crippen LogP contribution in [0.2, 0.25) is 5.15 Å². The zero-order valence-electron chi connectivity index (χ0n) is 11.3. The third kappa shape index (κ3) is 2.74. The summed E-state index contributed by atoms with van der Waals surface area (Å²) in [6, 6.07) is 3.58. The molecule has 0 bridgehead atoms. The van der Waals surface area contributed by atoms with Gasteiger partial charge in [0.1, 0.15) is 11.0 Å². The monoisotopic (exact) mass is 295 g/mol. The van der Waals surface area contributed by atoms with Crippen molar-refractivity contribution in [2.45, 2.75) is 25.3 Å². The molecule has 1 aromatic rings. The molecule has 1 N–H and O–H groups in total. The Balaban J connectivity index is 1.86. The number of hydrogen-bond acceptors (Lipinski definition) is 4. The molecule has 5 nitrogen and oxygen atoms in total. The molecule has 2 saturated heterocycles. The normalized spacial score (nSPS) is 23.4. The van der Waals surface area contributed by atoms with E-state index in [0.29, 0.717) is 11.9 Å². The molecule has 0 aliphatic carbocycles. The first-order valence-corrected chi connectivity index (χ1v) is 7.41. The first-order valence-electron chi connectivity index (χ1n) is 7.03. The van der Waals surface area contributed by atoms with E-state index in [-0.39, 0.29) is 10.7 Å². The third-order valence-corrected chi connectivity index (χ3v) is 4.35. The number of aromatic nitrogens is 1. The van der Waals surface area contributed by atoms with E-state index in [1.54, 1.807) is 6.07 Å². The van der Waals surface area contributed by atoms with E-state index in [0.717, 1.165) is 26.1 Å². The van der Waals surface area contributed by atoms with Crippen LogP contribution < -0.4 is 4.90 Å². The molecule has 1 aromatic heterocycles. The molecule has 1 unspecified atom stereocenters. The van der Waals surface area contributed by atoms with E-state index in [1.165, 1.54) is 25.5 Å². The van der Waals surface area contributed by atoms with Gasteiger partial charge >= 0.3 is 5.97 Å². The molecule has 20 heavy (non-hydrogen) atoms. The Morgan fingerprint density at radius 3 is 2.90 bits per heavy atom. The van der Waals surface area contributed by atoms with Crippen LogP contribution in [0.1, 0.15) is 29.6 Å². The lowest BCUT2D eigenvalue weighted by Crippen LogP contribution is -2.37. The summed E-state index contributed by atoms with van der Waals surface area (Å²) < 4.78 is 0. The molecule has 2 fully saturated rings. The van der Waals surface area contributed by atoms with E-state index in [1.807, 2.05) is 0 Å². The van der Waals surface area contributed by atoms with E-state index in [4.69, 9.17) is 16.7 Å². The molecule has 0 spiro atoms. The quantitative estimate of drug-likeness (QED) is 0.847. The van der Waals surface area contributed by atoms with E-state index in [9.17, 15) is 4.79 Å². The second-order valence-electron chi connectivity index (χ2n) is 5.47. The van der Waals surface area contributed by atoms with Crippen LogP contribution in [-0.2, 0) is 0 Å². The number of carboxylic acids is 1. The summed E-state index contributed by atoms with van der Waals surface area (Å²) in [7, 11) is 0. The van der Waals surface area contributed by atoms with Gasteiger partial charge in [0.2, 0.25) is 0 Å². The fraction of sp³-hybridized carbons (Fsp3) is 0.571. The van der Waals surface area contributed by atoms with Crippen LogP contribution in [-0.4, -0.2) is 53.2 Å². The Kier molecular flexibility index (Phi) is 3.81. The first kappa shape index (κ1) is 13.6. The number of nitrogens with zero attached hydrogens (tertiary/aromatic N) is 3. The van der Waals surface area contributed by atoms with Crippen molar-refractivity contribution in [1.82, 2.24) is 9.88 Å². The Bertz CT molecular complexity index is 523. The highest BCUT2D eigenvalue weighted by atomic mass is 35.5. The molecule has 0 aromatic carbocycles. The van der Waals surface area contributed by atoms with Crippen molar-refractivity contribution in [2.75, 3.05) is 31.1 Å². The minimum Gasteiger partial charge on any atom is -0.478 e. The highest BCUT2D eigenvalue weighted by Crippen LogP contribution is 2.25. The maximum atomic E-state index is 11.1. The predicted molar refractivity (Wildman–Crippen MR) is 77.6 cm³/mol. The lowest BCUT2D eigenvalue weighted by atomic mass is 10.2. The highest BCUT2D eigenvalue weighted by molar-refractivity contribution is 6.29. The number of hydrogen-bond donors (Lipinski definition) is 1. The van der Waals surface area contributed by atoms with Gasteiger partial charge in [-0.2, -0.15) is 0 Å². The van der Waals surface area contributed by atoms with Crippen molar-refractivity contribution in [3.05, 3.63) is 22.8 Å². The first-order chi connectivity index (χ1) is 9.63. The van der Waals surface area contributed by atoms with E-state index >= 15 is 0 Å².